The number of carbonyl (C=O) groups is 1. The van der Waals surface area contributed by atoms with Gasteiger partial charge in [0.15, 0.2) is 5.65 Å². The molecule has 1 aliphatic heterocycles. The first-order valence-corrected chi connectivity index (χ1v) is 7.91. The molecule has 0 saturated heterocycles. The summed E-state index contributed by atoms with van der Waals surface area (Å²) in [6, 6.07) is 4.81. The predicted octanol–water partition coefficient (Wildman–Crippen LogP) is 0.574. The van der Waals surface area contributed by atoms with Crippen LogP contribution in [0, 0.1) is 6.92 Å². The maximum Gasteiger partial charge on any atom is 0.258 e. The average Bonchev–Trinajstić information content (AvgIpc) is 2.60. The van der Waals surface area contributed by atoms with E-state index in [9.17, 15) is 9.59 Å². The molecule has 126 valence electrons. The van der Waals surface area contributed by atoms with E-state index in [0.717, 1.165) is 11.3 Å². The van der Waals surface area contributed by atoms with Crippen LogP contribution in [0.15, 0.2) is 35.4 Å². The lowest BCUT2D eigenvalue weighted by Gasteiger charge is -2.28. The van der Waals surface area contributed by atoms with Gasteiger partial charge in [0.1, 0.15) is 0 Å². The number of hydrogen-bond acceptors (Lipinski definition) is 6. The van der Waals surface area contributed by atoms with Gasteiger partial charge < -0.3 is 10.6 Å². The van der Waals surface area contributed by atoms with Crippen molar-refractivity contribution in [3.05, 3.63) is 63.5 Å². The predicted molar refractivity (Wildman–Crippen MR) is 91.1 cm³/mol. The molecule has 1 amide bonds. The second kappa shape index (κ2) is 5.66. The standard InChI is InChI=1S/C17H16N6O2/c1-10-7-14(24)23-5-2-3-12(15(23)20-10)16(25)22-6-4-11-8-19-17(18)21-13(11)9-22/h2-3,5,7-8H,4,6,9H2,1H3,(H2,18,19,21). The highest BCUT2D eigenvalue weighted by Crippen LogP contribution is 2.20. The molecule has 0 aromatic carbocycles. The summed E-state index contributed by atoms with van der Waals surface area (Å²) in [5, 5.41) is 0. The Bertz CT molecular complexity index is 1060. The molecule has 0 aliphatic carbocycles. The maximum absolute atomic E-state index is 13.0. The molecule has 8 heteroatoms. The van der Waals surface area contributed by atoms with Crippen molar-refractivity contribution in [1.82, 2.24) is 24.3 Å². The Morgan fingerprint density at radius 2 is 2.16 bits per heavy atom. The molecular formula is C17H16N6O2. The minimum atomic E-state index is -0.207. The molecule has 2 N–H and O–H groups in total. The first-order valence-electron chi connectivity index (χ1n) is 7.91. The number of pyridine rings is 1. The lowest BCUT2D eigenvalue weighted by molar-refractivity contribution is 0.0733. The van der Waals surface area contributed by atoms with Gasteiger partial charge in [-0.3, -0.25) is 14.0 Å². The van der Waals surface area contributed by atoms with E-state index < -0.39 is 0 Å². The van der Waals surface area contributed by atoms with Crippen LogP contribution < -0.4 is 11.3 Å². The molecule has 0 radical (unpaired) electrons. The smallest absolute Gasteiger partial charge is 0.258 e. The van der Waals surface area contributed by atoms with E-state index in [1.165, 1.54) is 10.5 Å². The molecule has 3 aromatic heterocycles. The lowest BCUT2D eigenvalue weighted by Crippen LogP contribution is -2.37. The van der Waals surface area contributed by atoms with E-state index in [4.69, 9.17) is 5.73 Å². The Kier molecular flexibility index (Phi) is 3.45. The van der Waals surface area contributed by atoms with Crippen LogP contribution in [0.4, 0.5) is 5.95 Å². The zero-order chi connectivity index (χ0) is 17.6. The monoisotopic (exact) mass is 336 g/mol. The summed E-state index contributed by atoms with van der Waals surface area (Å²) in [6.45, 7) is 2.65. The third kappa shape index (κ3) is 2.61. The number of nitrogens with two attached hydrogens (primary N) is 1. The van der Waals surface area contributed by atoms with Crippen molar-refractivity contribution in [2.24, 2.45) is 0 Å². The zero-order valence-electron chi connectivity index (χ0n) is 13.6. The number of carbonyl (C=O) groups excluding carboxylic acids is 1. The fraction of sp³-hybridized carbons (Fsp3) is 0.235. The van der Waals surface area contributed by atoms with Crippen LogP contribution in [-0.2, 0) is 13.0 Å². The molecule has 0 unspecified atom stereocenters. The van der Waals surface area contributed by atoms with E-state index in [-0.39, 0.29) is 17.4 Å². The van der Waals surface area contributed by atoms with Gasteiger partial charge in [-0.05, 0) is 31.0 Å². The number of aromatic nitrogens is 4. The van der Waals surface area contributed by atoms with Gasteiger partial charge in [0.05, 0.1) is 17.8 Å². The molecule has 0 bridgehead atoms. The summed E-state index contributed by atoms with van der Waals surface area (Å²) in [7, 11) is 0. The van der Waals surface area contributed by atoms with Crippen molar-refractivity contribution < 1.29 is 4.79 Å². The van der Waals surface area contributed by atoms with Crippen LogP contribution in [0.3, 0.4) is 0 Å². The lowest BCUT2D eigenvalue weighted by atomic mass is 10.1. The minimum absolute atomic E-state index is 0.182. The van der Waals surface area contributed by atoms with Crippen molar-refractivity contribution in [2.45, 2.75) is 19.9 Å². The van der Waals surface area contributed by atoms with Gasteiger partial charge in [0.2, 0.25) is 5.95 Å². The largest absolute Gasteiger partial charge is 0.368 e. The van der Waals surface area contributed by atoms with E-state index in [0.29, 0.717) is 36.4 Å². The Hall–Kier alpha value is -3.29. The average molecular weight is 336 g/mol. The molecule has 3 aromatic rings. The fourth-order valence-corrected chi connectivity index (χ4v) is 3.07. The van der Waals surface area contributed by atoms with Crippen molar-refractivity contribution in [2.75, 3.05) is 12.3 Å². The molecule has 0 fully saturated rings. The Morgan fingerprint density at radius 1 is 1.32 bits per heavy atom. The second-order valence-electron chi connectivity index (χ2n) is 6.03. The second-order valence-corrected chi connectivity index (χ2v) is 6.03. The van der Waals surface area contributed by atoms with E-state index >= 15 is 0 Å². The summed E-state index contributed by atoms with van der Waals surface area (Å²) >= 11 is 0. The summed E-state index contributed by atoms with van der Waals surface area (Å²) in [5.74, 6) is 0.0143. The van der Waals surface area contributed by atoms with Crippen molar-refractivity contribution in [3.63, 3.8) is 0 Å². The SMILES string of the molecule is Cc1cc(=O)n2cccc(C(=O)N3CCc4cnc(N)nc4C3)c2n1. The molecule has 0 spiro atoms. The molecule has 0 saturated carbocycles. The number of aryl methyl sites for hydroxylation is 1. The fourth-order valence-electron chi connectivity index (χ4n) is 3.07. The summed E-state index contributed by atoms with van der Waals surface area (Å²) in [4.78, 5) is 39.4. The molecule has 25 heavy (non-hydrogen) atoms. The minimum Gasteiger partial charge on any atom is -0.368 e. The molecule has 8 nitrogen and oxygen atoms in total. The zero-order valence-corrected chi connectivity index (χ0v) is 13.6. The number of hydrogen-bond donors (Lipinski definition) is 1. The molecule has 4 rings (SSSR count). The molecule has 4 heterocycles. The van der Waals surface area contributed by atoms with Crippen LogP contribution in [0.2, 0.25) is 0 Å². The van der Waals surface area contributed by atoms with Crippen molar-refractivity contribution in [3.8, 4) is 0 Å². The highest BCUT2D eigenvalue weighted by Gasteiger charge is 2.25. The third-order valence-corrected chi connectivity index (χ3v) is 4.30. The van der Waals surface area contributed by atoms with Crippen molar-refractivity contribution >= 4 is 17.5 Å². The summed E-state index contributed by atoms with van der Waals surface area (Å²) in [6.07, 6.45) is 3.99. The Morgan fingerprint density at radius 3 is 3.00 bits per heavy atom. The number of nitrogens with zero attached hydrogens (tertiary/aromatic N) is 5. The quantitative estimate of drug-likeness (QED) is 0.696. The number of fused-ring (bicyclic) bond motifs is 2. The molecular weight excluding hydrogens is 320 g/mol. The van der Waals surface area contributed by atoms with Gasteiger partial charge >= 0.3 is 0 Å². The molecule has 0 atom stereocenters. The van der Waals surface area contributed by atoms with E-state index in [1.54, 1.807) is 36.4 Å². The Balaban J connectivity index is 1.75. The summed E-state index contributed by atoms with van der Waals surface area (Å²) < 4.78 is 1.39. The topological polar surface area (TPSA) is 106 Å². The van der Waals surface area contributed by atoms with Gasteiger partial charge in [-0.2, -0.15) is 0 Å². The summed E-state index contributed by atoms with van der Waals surface area (Å²) in [5.41, 5.74) is 8.54. The van der Waals surface area contributed by atoms with Gasteiger partial charge in [0.25, 0.3) is 11.5 Å². The van der Waals surface area contributed by atoms with Crippen LogP contribution in [0.5, 0.6) is 0 Å². The maximum atomic E-state index is 13.0. The van der Waals surface area contributed by atoms with Crippen LogP contribution in [-0.4, -0.2) is 36.7 Å². The number of anilines is 1. The van der Waals surface area contributed by atoms with Crippen LogP contribution in [0.1, 0.15) is 27.3 Å². The van der Waals surface area contributed by atoms with Gasteiger partial charge in [0, 0.05) is 30.7 Å². The van der Waals surface area contributed by atoms with Gasteiger partial charge in [-0.25, -0.2) is 15.0 Å². The molecule has 1 aliphatic rings. The van der Waals surface area contributed by atoms with E-state index in [1.807, 2.05) is 0 Å². The normalized spacial score (nSPS) is 13.7. The van der Waals surface area contributed by atoms with Gasteiger partial charge in [-0.1, -0.05) is 0 Å². The first kappa shape index (κ1) is 15.3. The third-order valence-electron chi connectivity index (χ3n) is 4.30. The van der Waals surface area contributed by atoms with Gasteiger partial charge in [-0.15, -0.1) is 0 Å². The Labute approximate surface area is 143 Å². The van der Waals surface area contributed by atoms with Crippen LogP contribution >= 0.6 is 0 Å². The number of rotatable bonds is 1. The number of amides is 1. The van der Waals surface area contributed by atoms with E-state index in [2.05, 4.69) is 15.0 Å². The highest BCUT2D eigenvalue weighted by molar-refractivity contribution is 5.99. The van der Waals surface area contributed by atoms with Crippen molar-refractivity contribution in [1.29, 1.82) is 0 Å². The first-order chi connectivity index (χ1) is 12.0. The highest BCUT2D eigenvalue weighted by atomic mass is 16.2. The van der Waals surface area contributed by atoms with Crippen LogP contribution in [0.25, 0.3) is 5.65 Å². The number of nitrogen functional groups attached to an aromatic ring is 1.